The van der Waals surface area contributed by atoms with Crippen LogP contribution in [0.3, 0.4) is 0 Å². The lowest BCUT2D eigenvalue weighted by atomic mass is 9.99. The number of nitrogens with zero attached hydrogens (tertiary/aromatic N) is 2. The monoisotopic (exact) mass is 398 g/mol. The van der Waals surface area contributed by atoms with E-state index in [4.69, 9.17) is 14.7 Å². The van der Waals surface area contributed by atoms with Crippen molar-refractivity contribution in [2.75, 3.05) is 7.11 Å². The van der Waals surface area contributed by atoms with Crippen molar-refractivity contribution in [2.24, 2.45) is 0 Å². The maximum absolute atomic E-state index is 10.4. The van der Waals surface area contributed by atoms with E-state index >= 15 is 0 Å². The predicted molar refractivity (Wildman–Crippen MR) is 118 cm³/mol. The maximum atomic E-state index is 10.4. The van der Waals surface area contributed by atoms with Crippen molar-refractivity contribution >= 4 is 0 Å². The van der Waals surface area contributed by atoms with Crippen LogP contribution < -0.4 is 4.74 Å². The molecule has 0 unspecified atom stereocenters. The van der Waals surface area contributed by atoms with Crippen LogP contribution in [0.2, 0.25) is 0 Å². The van der Waals surface area contributed by atoms with Crippen molar-refractivity contribution in [2.45, 2.75) is 13.8 Å². The summed E-state index contributed by atoms with van der Waals surface area (Å²) in [6.45, 7) is 3.98. The predicted octanol–water partition coefficient (Wildman–Crippen LogP) is 5.51. The van der Waals surface area contributed by atoms with Gasteiger partial charge in [0.25, 0.3) is 0 Å². The summed E-state index contributed by atoms with van der Waals surface area (Å²) in [6.07, 6.45) is 0. The Hall–Kier alpha value is -3.86. The molecule has 4 rings (SSSR count). The minimum atomic E-state index is 0.0982. The number of hydrogen-bond acceptors (Lipinski definition) is 5. The van der Waals surface area contributed by atoms with Gasteiger partial charge in [-0.1, -0.05) is 24.3 Å². The zero-order valence-electron chi connectivity index (χ0n) is 17.0. The van der Waals surface area contributed by atoms with Gasteiger partial charge in [0.2, 0.25) is 0 Å². The summed E-state index contributed by atoms with van der Waals surface area (Å²) in [5.41, 5.74) is 5.92. The van der Waals surface area contributed by atoms with Gasteiger partial charge in [-0.25, -0.2) is 9.97 Å². The molecular formula is C25H22N2O3. The summed E-state index contributed by atoms with van der Waals surface area (Å²) in [4.78, 5) is 9.47. The first-order chi connectivity index (χ1) is 14.5. The molecule has 0 amide bonds. The number of phenols is 2. The van der Waals surface area contributed by atoms with Crippen LogP contribution in [0.15, 0.2) is 66.7 Å². The Morgan fingerprint density at radius 2 is 1.17 bits per heavy atom. The topological polar surface area (TPSA) is 75.5 Å². The summed E-state index contributed by atoms with van der Waals surface area (Å²) in [5, 5.41) is 20.8. The van der Waals surface area contributed by atoms with Gasteiger partial charge in [0.1, 0.15) is 17.2 Å². The number of phenolic OH excluding ortho intramolecular Hbond substituents is 2. The number of rotatable bonds is 4. The molecule has 2 aromatic carbocycles. The smallest absolute Gasteiger partial charge is 0.132 e. The number of methoxy groups -OCH3 is 1. The van der Waals surface area contributed by atoms with Crippen molar-refractivity contribution in [1.82, 2.24) is 9.97 Å². The zero-order valence-corrected chi connectivity index (χ0v) is 17.0. The van der Waals surface area contributed by atoms with Crippen LogP contribution in [-0.2, 0) is 0 Å². The molecule has 4 aromatic rings. The molecule has 0 atom stereocenters. The van der Waals surface area contributed by atoms with E-state index in [1.54, 1.807) is 31.4 Å². The molecule has 2 aromatic heterocycles. The molecule has 0 radical (unpaired) electrons. The summed E-state index contributed by atoms with van der Waals surface area (Å²) in [7, 11) is 1.56. The highest BCUT2D eigenvalue weighted by Gasteiger charge is 2.15. The molecule has 0 fully saturated rings. The molecule has 2 N–H and O–H groups in total. The first kappa shape index (κ1) is 19.5. The lowest BCUT2D eigenvalue weighted by Crippen LogP contribution is -1.95. The fourth-order valence-corrected chi connectivity index (χ4v) is 3.51. The molecule has 5 heteroatoms. The van der Waals surface area contributed by atoms with Crippen LogP contribution >= 0.6 is 0 Å². The quantitative estimate of drug-likeness (QED) is 0.474. The SMILES string of the molecule is COc1cccc(O)c1-c1cccc(-c2cccc(-c3c(O)ccc(C)c3C)n2)n1. The molecule has 5 nitrogen and oxygen atoms in total. The van der Waals surface area contributed by atoms with Crippen molar-refractivity contribution in [1.29, 1.82) is 0 Å². The van der Waals surface area contributed by atoms with E-state index in [0.29, 0.717) is 34.1 Å². The number of benzene rings is 2. The van der Waals surface area contributed by atoms with E-state index in [1.165, 1.54) is 0 Å². The second kappa shape index (κ2) is 7.87. The lowest BCUT2D eigenvalue weighted by Gasteiger charge is -2.13. The van der Waals surface area contributed by atoms with Crippen molar-refractivity contribution in [3.63, 3.8) is 0 Å². The normalized spacial score (nSPS) is 10.8. The van der Waals surface area contributed by atoms with E-state index in [9.17, 15) is 10.2 Å². The number of aromatic nitrogens is 2. The van der Waals surface area contributed by atoms with E-state index in [-0.39, 0.29) is 11.5 Å². The second-order valence-electron chi connectivity index (χ2n) is 7.07. The Morgan fingerprint density at radius 1 is 0.633 bits per heavy atom. The molecule has 0 aliphatic carbocycles. The second-order valence-corrected chi connectivity index (χ2v) is 7.07. The third kappa shape index (κ3) is 3.46. The lowest BCUT2D eigenvalue weighted by molar-refractivity contribution is 0.410. The molecule has 0 saturated carbocycles. The number of aryl methyl sites for hydroxylation is 1. The highest BCUT2D eigenvalue weighted by molar-refractivity contribution is 5.76. The molecule has 0 spiro atoms. The van der Waals surface area contributed by atoms with E-state index in [2.05, 4.69) is 0 Å². The van der Waals surface area contributed by atoms with E-state index in [1.807, 2.05) is 56.3 Å². The van der Waals surface area contributed by atoms with Crippen molar-refractivity contribution < 1.29 is 14.9 Å². The van der Waals surface area contributed by atoms with Crippen molar-refractivity contribution in [3.8, 4) is 51.2 Å². The van der Waals surface area contributed by atoms with Gasteiger partial charge in [-0.15, -0.1) is 0 Å². The van der Waals surface area contributed by atoms with E-state index in [0.717, 1.165) is 16.7 Å². The van der Waals surface area contributed by atoms with Gasteiger partial charge < -0.3 is 14.9 Å². The molecule has 30 heavy (non-hydrogen) atoms. The third-order valence-corrected chi connectivity index (χ3v) is 5.21. The van der Waals surface area contributed by atoms with Gasteiger partial charge >= 0.3 is 0 Å². The fourth-order valence-electron chi connectivity index (χ4n) is 3.51. The van der Waals surface area contributed by atoms with Crippen molar-refractivity contribution in [3.05, 3.63) is 77.9 Å². The number of hydrogen-bond donors (Lipinski definition) is 2. The van der Waals surface area contributed by atoms with Gasteiger partial charge in [0.15, 0.2) is 0 Å². The van der Waals surface area contributed by atoms with E-state index < -0.39 is 0 Å². The summed E-state index contributed by atoms with van der Waals surface area (Å²) in [6, 6.07) is 19.9. The fraction of sp³-hybridized carbons (Fsp3) is 0.120. The molecule has 0 saturated heterocycles. The first-order valence-electron chi connectivity index (χ1n) is 9.60. The number of ether oxygens (including phenoxy) is 1. The number of pyridine rings is 2. The minimum Gasteiger partial charge on any atom is -0.507 e. The standard InChI is InChI=1S/C25H22N2O3/c1-15-13-14-22(29)24(16(15)2)19-9-4-7-17(26-19)18-8-5-10-20(27-18)25-21(28)11-6-12-23(25)30-3/h4-14,28-29H,1-3H3. The van der Waals surface area contributed by atoms with Gasteiger partial charge in [0, 0.05) is 5.56 Å². The molecule has 0 aliphatic rings. The Kier molecular flexibility index (Phi) is 5.11. The Labute approximate surface area is 175 Å². The highest BCUT2D eigenvalue weighted by atomic mass is 16.5. The van der Waals surface area contributed by atoms with Gasteiger partial charge in [-0.2, -0.15) is 0 Å². The van der Waals surface area contributed by atoms with Crippen LogP contribution in [0, 0.1) is 13.8 Å². The first-order valence-corrected chi connectivity index (χ1v) is 9.60. The number of aromatic hydroxyl groups is 2. The van der Waals surface area contributed by atoms with Crippen LogP contribution in [0.25, 0.3) is 33.9 Å². The average molecular weight is 398 g/mol. The van der Waals surface area contributed by atoms with Crippen LogP contribution in [0.4, 0.5) is 0 Å². The van der Waals surface area contributed by atoms with Crippen LogP contribution in [0.1, 0.15) is 11.1 Å². The molecule has 0 bridgehead atoms. The average Bonchev–Trinajstić information content (AvgIpc) is 2.76. The molecule has 2 heterocycles. The summed E-state index contributed by atoms with van der Waals surface area (Å²) >= 11 is 0. The Bertz CT molecular complexity index is 1230. The zero-order chi connectivity index (χ0) is 21.3. The molecule has 0 aliphatic heterocycles. The van der Waals surface area contributed by atoms with Crippen LogP contribution in [-0.4, -0.2) is 27.3 Å². The van der Waals surface area contributed by atoms with Crippen LogP contribution in [0.5, 0.6) is 17.2 Å². The Morgan fingerprint density at radius 3 is 1.80 bits per heavy atom. The minimum absolute atomic E-state index is 0.0982. The van der Waals surface area contributed by atoms with Gasteiger partial charge in [0.05, 0.1) is 35.4 Å². The summed E-state index contributed by atoms with van der Waals surface area (Å²) < 4.78 is 5.40. The van der Waals surface area contributed by atoms with Gasteiger partial charge in [-0.05, 0) is 67.4 Å². The Balaban J connectivity index is 1.82. The third-order valence-electron chi connectivity index (χ3n) is 5.21. The molecular weight excluding hydrogens is 376 g/mol. The summed E-state index contributed by atoms with van der Waals surface area (Å²) in [5.74, 6) is 0.839. The maximum Gasteiger partial charge on any atom is 0.132 e. The molecule has 150 valence electrons. The van der Waals surface area contributed by atoms with Gasteiger partial charge in [-0.3, -0.25) is 0 Å². The highest BCUT2D eigenvalue weighted by Crippen LogP contribution is 2.38. The largest absolute Gasteiger partial charge is 0.507 e.